The Labute approximate surface area is 121 Å². The lowest BCUT2D eigenvalue weighted by Gasteiger charge is -2.24. The van der Waals surface area contributed by atoms with Crippen LogP contribution in [-0.4, -0.2) is 29.1 Å². The summed E-state index contributed by atoms with van der Waals surface area (Å²) in [7, 11) is 0. The Morgan fingerprint density at radius 1 is 1.30 bits per heavy atom. The van der Waals surface area contributed by atoms with Gasteiger partial charge in [0, 0.05) is 13.1 Å². The number of aryl methyl sites for hydroxylation is 1. The molecule has 0 aliphatic carbocycles. The van der Waals surface area contributed by atoms with Gasteiger partial charge < -0.3 is 5.11 Å². The monoisotopic (exact) mass is 275 g/mol. The summed E-state index contributed by atoms with van der Waals surface area (Å²) in [6, 6.07) is 8.48. The minimum absolute atomic E-state index is 0.518. The molecule has 1 unspecified atom stereocenters. The molecule has 0 spiro atoms. The second-order valence-corrected chi connectivity index (χ2v) is 5.92. The van der Waals surface area contributed by atoms with Crippen LogP contribution in [0.2, 0.25) is 0 Å². The topological polar surface area (TPSA) is 40.5 Å². The van der Waals surface area contributed by atoms with E-state index in [4.69, 9.17) is 0 Å². The minimum Gasteiger partial charge on any atom is -0.481 e. The van der Waals surface area contributed by atoms with E-state index in [1.54, 1.807) is 0 Å². The third kappa shape index (κ3) is 3.04. The summed E-state index contributed by atoms with van der Waals surface area (Å²) in [6.45, 7) is 6.70. The highest BCUT2D eigenvalue weighted by Gasteiger charge is 2.43. The molecular weight excluding hydrogens is 250 g/mol. The largest absolute Gasteiger partial charge is 0.481 e. The number of carboxylic acid groups (broad SMARTS) is 1. The van der Waals surface area contributed by atoms with Gasteiger partial charge in [-0.15, -0.1) is 0 Å². The maximum Gasteiger partial charge on any atom is 0.310 e. The lowest BCUT2D eigenvalue weighted by Crippen LogP contribution is -2.34. The molecule has 1 aromatic rings. The number of aliphatic carboxylic acids is 1. The van der Waals surface area contributed by atoms with Gasteiger partial charge in [-0.1, -0.05) is 44.5 Å². The van der Waals surface area contributed by atoms with Crippen LogP contribution in [0.3, 0.4) is 0 Å². The molecule has 0 aromatic heterocycles. The maximum absolute atomic E-state index is 11.6. The van der Waals surface area contributed by atoms with Crippen molar-refractivity contribution in [2.24, 2.45) is 5.41 Å². The van der Waals surface area contributed by atoms with Gasteiger partial charge in [0.25, 0.3) is 0 Å². The van der Waals surface area contributed by atoms with Gasteiger partial charge in [-0.2, -0.15) is 0 Å². The lowest BCUT2D eigenvalue weighted by atomic mass is 9.83. The van der Waals surface area contributed by atoms with Crippen molar-refractivity contribution in [2.45, 2.75) is 46.1 Å². The lowest BCUT2D eigenvalue weighted by molar-refractivity contribution is -0.148. The van der Waals surface area contributed by atoms with Crippen LogP contribution in [0.4, 0.5) is 0 Å². The number of rotatable bonds is 6. The van der Waals surface area contributed by atoms with E-state index in [0.717, 1.165) is 38.8 Å². The molecule has 0 radical (unpaired) electrons. The molecule has 1 aliphatic rings. The fourth-order valence-corrected chi connectivity index (χ4v) is 3.35. The predicted molar refractivity (Wildman–Crippen MR) is 80.7 cm³/mol. The van der Waals surface area contributed by atoms with E-state index < -0.39 is 11.4 Å². The van der Waals surface area contributed by atoms with E-state index in [-0.39, 0.29) is 0 Å². The molecule has 0 amide bonds. The second kappa shape index (κ2) is 6.40. The van der Waals surface area contributed by atoms with Gasteiger partial charge in [-0.25, -0.2) is 0 Å². The fourth-order valence-electron chi connectivity index (χ4n) is 3.35. The van der Waals surface area contributed by atoms with Crippen molar-refractivity contribution in [3.05, 3.63) is 35.4 Å². The number of hydrogen-bond donors (Lipinski definition) is 1. The summed E-state index contributed by atoms with van der Waals surface area (Å²) in [6.07, 6.45) is 3.54. The molecule has 1 fully saturated rings. The summed E-state index contributed by atoms with van der Waals surface area (Å²) in [5.74, 6) is -0.620. The van der Waals surface area contributed by atoms with E-state index >= 15 is 0 Å². The second-order valence-electron chi connectivity index (χ2n) is 5.92. The fraction of sp³-hybridized carbons (Fsp3) is 0.588. The molecular formula is C17H25NO2. The number of benzene rings is 1. The van der Waals surface area contributed by atoms with Crippen molar-refractivity contribution >= 4 is 5.97 Å². The van der Waals surface area contributed by atoms with E-state index in [1.807, 2.05) is 0 Å². The number of nitrogens with zero attached hydrogens (tertiary/aromatic N) is 1. The third-order valence-corrected chi connectivity index (χ3v) is 4.51. The first-order valence-electron chi connectivity index (χ1n) is 7.64. The Bertz CT molecular complexity index is 472. The molecule has 1 heterocycles. The molecule has 0 saturated carbocycles. The normalized spacial score (nSPS) is 23.1. The smallest absolute Gasteiger partial charge is 0.310 e. The first-order valence-corrected chi connectivity index (χ1v) is 7.64. The van der Waals surface area contributed by atoms with Crippen LogP contribution in [0.15, 0.2) is 24.3 Å². The van der Waals surface area contributed by atoms with E-state index in [9.17, 15) is 9.90 Å². The molecule has 3 nitrogen and oxygen atoms in total. The number of hydrogen-bond acceptors (Lipinski definition) is 2. The van der Waals surface area contributed by atoms with Gasteiger partial charge in [-0.05, 0) is 36.9 Å². The summed E-state index contributed by atoms with van der Waals surface area (Å²) < 4.78 is 0. The van der Waals surface area contributed by atoms with Crippen LogP contribution < -0.4 is 0 Å². The van der Waals surface area contributed by atoms with Gasteiger partial charge in [0.15, 0.2) is 0 Å². The number of carbonyl (C=O) groups is 1. The van der Waals surface area contributed by atoms with Crippen molar-refractivity contribution in [1.82, 2.24) is 4.90 Å². The number of carboxylic acids is 1. The Kier molecular flexibility index (Phi) is 4.81. The van der Waals surface area contributed by atoms with Gasteiger partial charge in [0.2, 0.25) is 0 Å². The van der Waals surface area contributed by atoms with E-state index in [1.165, 1.54) is 11.1 Å². The van der Waals surface area contributed by atoms with Gasteiger partial charge in [0.05, 0.1) is 5.41 Å². The highest BCUT2D eigenvalue weighted by atomic mass is 16.4. The summed E-state index contributed by atoms with van der Waals surface area (Å²) in [5.41, 5.74) is 2.19. The van der Waals surface area contributed by atoms with Crippen LogP contribution in [0.5, 0.6) is 0 Å². The van der Waals surface area contributed by atoms with Crippen molar-refractivity contribution in [3.8, 4) is 0 Å². The Balaban J connectivity index is 2.07. The highest BCUT2D eigenvalue weighted by Crippen LogP contribution is 2.36. The SMILES string of the molecule is CCCC1(C(=O)O)CCN(Cc2ccccc2CC)C1. The van der Waals surface area contributed by atoms with Crippen LogP contribution in [0.25, 0.3) is 0 Å². The van der Waals surface area contributed by atoms with Crippen LogP contribution >= 0.6 is 0 Å². The van der Waals surface area contributed by atoms with Crippen molar-refractivity contribution in [2.75, 3.05) is 13.1 Å². The van der Waals surface area contributed by atoms with Crippen LogP contribution in [-0.2, 0) is 17.8 Å². The summed E-state index contributed by atoms with van der Waals surface area (Å²) in [5, 5.41) is 9.55. The summed E-state index contributed by atoms with van der Waals surface area (Å²) in [4.78, 5) is 13.9. The maximum atomic E-state index is 11.6. The van der Waals surface area contributed by atoms with E-state index in [2.05, 4.69) is 43.0 Å². The quantitative estimate of drug-likeness (QED) is 0.865. The summed E-state index contributed by atoms with van der Waals surface area (Å²) >= 11 is 0. The van der Waals surface area contributed by atoms with Crippen LogP contribution in [0.1, 0.15) is 44.2 Å². The van der Waals surface area contributed by atoms with Crippen molar-refractivity contribution in [1.29, 1.82) is 0 Å². The highest BCUT2D eigenvalue weighted by molar-refractivity contribution is 5.75. The zero-order valence-electron chi connectivity index (χ0n) is 12.6. The number of likely N-dealkylation sites (tertiary alicyclic amines) is 1. The average Bonchev–Trinajstić information content (AvgIpc) is 2.84. The van der Waals surface area contributed by atoms with Crippen molar-refractivity contribution < 1.29 is 9.90 Å². The molecule has 110 valence electrons. The Hall–Kier alpha value is -1.35. The molecule has 0 bridgehead atoms. The Morgan fingerprint density at radius 2 is 2.00 bits per heavy atom. The first-order chi connectivity index (χ1) is 9.61. The zero-order valence-corrected chi connectivity index (χ0v) is 12.6. The van der Waals surface area contributed by atoms with E-state index in [0.29, 0.717) is 6.54 Å². The molecule has 20 heavy (non-hydrogen) atoms. The predicted octanol–water partition coefficient (Wildman–Crippen LogP) is 3.33. The zero-order chi connectivity index (χ0) is 14.6. The average molecular weight is 275 g/mol. The molecule has 1 aromatic carbocycles. The third-order valence-electron chi connectivity index (χ3n) is 4.51. The Morgan fingerprint density at radius 3 is 2.60 bits per heavy atom. The van der Waals surface area contributed by atoms with Gasteiger partial charge in [-0.3, -0.25) is 9.69 Å². The van der Waals surface area contributed by atoms with Gasteiger partial charge in [0.1, 0.15) is 0 Å². The molecule has 1 atom stereocenters. The molecule has 1 saturated heterocycles. The molecule has 1 N–H and O–H groups in total. The van der Waals surface area contributed by atoms with Crippen molar-refractivity contribution in [3.63, 3.8) is 0 Å². The standard InChI is InChI=1S/C17H25NO2/c1-3-9-17(16(19)20)10-11-18(13-17)12-15-8-6-5-7-14(15)4-2/h5-8H,3-4,9-13H2,1-2H3,(H,19,20). The minimum atomic E-state index is -0.620. The first kappa shape index (κ1) is 15.0. The molecule has 1 aliphatic heterocycles. The molecule has 3 heteroatoms. The van der Waals surface area contributed by atoms with Gasteiger partial charge >= 0.3 is 5.97 Å². The molecule has 2 rings (SSSR count). The van der Waals surface area contributed by atoms with Crippen LogP contribution in [0, 0.1) is 5.41 Å².